The van der Waals surface area contributed by atoms with Gasteiger partial charge in [0.15, 0.2) is 0 Å². The van der Waals surface area contributed by atoms with Gasteiger partial charge >= 0.3 is 6.03 Å². The lowest BCUT2D eigenvalue weighted by molar-refractivity contribution is -0.116. The van der Waals surface area contributed by atoms with Crippen molar-refractivity contribution in [3.05, 3.63) is 24.3 Å². The number of hydrogen-bond acceptors (Lipinski definition) is 3. The van der Waals surface area contributed by atoms with Gasteiger partial charge in [-0.15, -0.1) is 0 Å². The Hall–Kier alpha value is -2.08. The molecule has 0 atom stereocenters. The first kappa shape index (κ1) is 13.4. The number of amides is 3. The lowest BCUT2D eigenvalue weighted by Gasteiger charge is -2.08. The van der Waals surface area contributed by atoms with Crippen LogP contribution in [0.4, 0.5) is 16.2 Å². The highest BCUT2D eigenvalue weighted by atomic mass is 16.2. The molecule has 102 valence electrons. The Balaban J connectivity index is 1.79. The highest BCUT2D eigenvalue weighted by Gasteiger charge is 2.20. The minimum absolute atomic E-state index is 0.0515. The lowest BCUT2D eigenvalue weighted by atomic mass is 10.2. The Morgan fingerprint density at radius 2 is 1.89 bits per heavy atom. The van der Waals surface area contributed by atoms with Crippen LogP contribution >= 0.6 is 0 Å². The van der Waals surface area contributed by atoms with Gasteiger partial charge in [-0.3, -0.25) is 4.79 Å². The Morgan fingerprint density at radius 1 is 1.21 bits per heavy atom. The van der Waals surface area contributed by atoms with Crippen molar-refractivity contribution in [1.29, 1.82) is 0 Å². The van der Waals surface area contributed by atoms with Crippen LogP contribution in [0.5, 0.6) is 0 Å². The fourth-order valence-electron chi connectivity index (χ4n) is 1.72. The van der Waals surface area contributed by atoms with Crippen molar-refractivity contribution in [2.45, 2.75) is 25.3 Å². The first-order valence-corrected chi connectivity index (χ1v) is 6.33. The van der Waals surface area contributed by atoms with E-state index >= 15 is 0 Å². The van der Waals surface area contributed by atoms with Gasteiger partial charge in [0.1, 0.15) is 0 Å². The molecular formula is C13H18N4O2. The van der Waals surface area contributed by atoms with Gasteiger partial charge in [-0.25, -0.2) is 4.79 Å². The van der Waals surface area contributed by atoms with Crippen LogP contribution in [-0.2, 0) is 4.79 Å². The minimum Gasteiger partial charge on any atom is -0.351 e. The van der Waals surface area contributed by atoms with Crippen LogP contribution in [0.15, 0.2) is 24.3 Å². The molecule has 1 aromatic rings. The second kappa shape index (κ2) is 6.19. The Labute approximate surface area is 111 Å². The van der Waals surface area contributed by atoms with E-state index in [1.165, 1.54) is 12.8 Å². The molecular weight excluding hydrogens is 244 g/mol. The predicted octanol–water partition coefficient (Wildman–Crippen LogP) is 1.26. The smallest absolute Gasteiger partial charge is 0.316 e. The van der Waals surface area contributed by atoms with Crippen molar-refractivity contribution < 1.29 is 9.59 Å². The molecule has 3 amide bonds. The van der Waals surface area contributed by atoms with Gasteiger partial charge in [-0.2, -0.15) is 0 Å². The summed E-state index contributed by atoms with van der Waals surface area (Å²) in [6.07, 6.45) is 2.86. The summed E-state index contributed by atoms with van der Waals surface area (Å²) in [6, 6.07) is 6.85. The third kappa shape index (κ3) is 4.97. The van der Waals surface area contributed by atoms with Crippen molar-refractivity contribution in [3.8, 4) is 0 Å². The van der Waals surface area contributed by atoms with E-state index < -0.39 is 6.03 Å². The summed E-state index contributed by atoms with van der Waals surface area (Å²) in [4.78, 5) is 22.4. The summed E-state index contributed by atoms with van der Waals surface area (Å²) in [5, 5.41) is 8.52. The van der Waals surface area contributed by atoms with E-state index in [2.05, 4.69) is 16.0 Å². The molecule has 0 heterocycles. The number of carbonyl (C=O) groups is 2. The number of benzene rings is 1. The zero-order valence-electron chi connectivity index (χ0n) is 10.6. The first-order valence-electron chi connectivity index (χ1n) is 6.33. The van der Waals surface area contributed by atoms with Crippen molar-refractivity contribution in [3.63, 3.8) is 0 Å². The number of anilines is 2. The molecule has 1 aliphatic carbocycles. The zero-order valence-corrected chi connectivity index (χ0v) is 10.6. The standard InChI is InChI=1S/C13H18N4O2/c14-13(19)17-11-3-1-2-10(8-11)16-12(18)6-7-15-9-4-5-9/h1-3,8-9,15H,4-7H2,(H,16,18)(H3,14,17,19). The molecule has 19 heavy (non-hydrogen) atoms. The van der Waals surface area contributed by atoms with Crippen LogP contribution < -0.4 is 21.7 Å². The third-order valence-electron chi connectivity index (χ3n) is 2.78. The molecule has 0 radical (unpaired) electrons. The maximum atomic E-state index is 11.7. The molecule has 1 aliphatic rings. The topological polar surface area (TPSA) is 96.2 Å². The summed E-state index contributed by atoms with van der Waals surface area (Å²) in [5.41, 5.74) is 6.23. The van der Waals surface area contributed by atoms with Gasteiger partial charge in [-0.05, 0) is 31.0 Å². The van der Waals surface area contributed by atoms with Gasteiger partial charge in [-0.1, -0.05) is 6.07 Å². The predicted molar refractivity (Wildman–Crippen MR) is 73.9 cm³/mol. The van der Waals surface area contributed by atoms with Crippen molar-refractivity contribution in [2.75, 3.05) is 17.2 Å². The SMILES string of the molecule is NC(=O)Nc1cccc(NC(=O)CCNC2CC2)c1. The van der Waals surface area contributed by atoms with E-state index in [1.807, 2.05) is 0 Å². The summed E-state index contributed by atoms with van der Waals surface area (Å²) in [7, 11) is 0. The van der Waals surface area contributed by atoms with Gasteiger partial charge in [0, 0.05) is 30.4 Å². The summed E-state index contributed by atoms with van der Waals surface area (Å²) < 4.78 is 0. The van der Waals surface area contributed by atoms with E-state index in [-0.39, 0.29) is 5.91 Å². The molecule has 0 aliphatic heterocycles. The fraction of sp³-hybridized carbons (Fsp3) is 0.385. The number of hydrogen-bond donors (Lipinski definition) is 4. The molecule has 6 nitrogen and oxygen atoms in total. The van der Waals surface area contributed by atoms with Crippen molar-refractivity contribution in [1.82, 2.24) is 5.32 Å². The average molecular weight is 262 g/mol. The lowest BCUT2D eigenvalue weighted by Crippen LogP contribution is -2.23. The summed E-state index contributed by atoms with van der Waals surface area (Å²) >= 11 is 0. The van der Waals surface area contributed by atoms with Gasteiger partial charge < -0.3 is 21.7 Å². The van der Waals surface area contributed by atoms with E-state index in [0.717, 1.165) is 0 Å². The van der Waals surface area contributed by atoms with Crippen LogP contribution in [0, 0.1) is 0 Å². The maximum Gasteiger partial charge on any atom is 0.316 e. The summed E-state index contributed by atoms with van der Waals surface area (Å²) in [6.45, 7) is 0.690. The van der Waals surface area contributed by atoms with Crippen LogP contribution in [0.2, 0.25) is 0 Å². The number of nitrogens with one attached hydrogen (secondary N) is 3. The van der Waals surface area contributed by atoms with Crippen LogP contribution in [0.25, 0.3) is 0 Å². The molecule has 1 aromatic carbocycles. The largest absolute Gasteiger partial charge is 0.351 e. The number of carbonyl (C=O) groups excluding carboxylic acids is 2. The molecule has 0 unspecified atom stereocenters. The van der Waals surface area contributed by atoms with Gasteiger partial charge in [0.25, 0.3) is 0 Å². The Kier molecular flexibility index (Phi) is 4.35. The fourth-order valence-corrected chi connectivity index (χ4v) is 1.72. The normalized spacial score (nSPS) is 13.9. The molecule has 0 bridgehead atoms. The average Bonchev–Trinajstić information content (AvgIpc) is 3.12. The molecule has 0 aromatic heterocycles. The Bertz CT molecular complexity index is 471. The van der Waals surface area contributed by atoms with Gasteiger partial charge in [0.2, 0.25) is 5.91 Å². The van der Waals surface area contributed by atoms with Crippen LogP contribution in [0.3, 0.4) is 0 Å². The number of nitrogens with two attached hydrogens (primary N) is 1. The monoisotopic (exact) mass is 262 g/mol. The minimum atomic E-state index is -0.628. The third-order valence-corrected chi connectivity index (χ3v) is 2.78. The Morgan fingerprint density at radius 3 is 2.53 bits per heavy atom. The quantitative estimate of drug-likeness (QED) is 0.621. The molecule has 6 heteroatoms. The van der Waals surface area contributed by atoms with E-state index in [9.17, 15) is 9.59 Å². The zero-order chi connectivity index (χ0) is 13.7. The van der Waals surface area contributed by atoms with E-state index in [0.29, 0.717) is 30.4 Å². The number of primary amides is 1. The van der Waals surface area contributed by atoms with Crippen molar-refractivity contribution >= 4 is 23.3 Å². The van der Waals surface area contributed by atoms with Gasteiger partial charge in [0.05, 0.1) is 0 Å². The molecule has 0 spiro atoms. The maximum absolute atomic E-state index is 11.7. The van der Waals surface area contributed by atoms with E-state index in [4.69, 9.17) is 5.73 Å². The molecule has 1 fully saturated rings. The highest BCUT2D eigenvalue weighted by molar-refractivity contribution is 5.93. The summed E-state index contributed by atoms with van der Waals surface area (Å²) in [5.74, 6) is -0.0515. The second-order valence-corrected chi connectivity index (χ2v) is 4.60. The van der Waals surface area contributed by atoms with Crippen molar-refractivity contribution in [2.24, 2.45) is 5.73 Å². The molecule has 0 saturated heterocycles. The molecule has 1 saturated carbocycles. The first-order chi connectivity index (χ1) is 9.13. The molecule has 2 rings (SSSR count). The van der Waals surface area contributed by atoms with Crippen LogP contribution in [0.1, 0.15) is 19.3 Å². The van der Waals surface area contributed by atoms with Crippen LogP contribution in [-0.4, -0.2) is 24.5 Å². The number of rotatable bonds is 6. The highest BCUT2D eigenvalue weighted by Crippen LogP contribution is 2.18. The second-order valence-electron chi connectivity index (χ2n) is 4.60. The molecule has 5 N–H and O–H groups in total. The number of urea groups is 1. The van der Waals surface area contributed by atoms with E-state index in [1.54, 1.807) is 24.3 Å².